The highest BCUT2D eigenvalue weighted by atomic mass is 16.3. The number of aromatic nitrogens is 2. The smallest absolute Gasteiger partial charge is 0.256 e. The third-order valence-corrected chi connectivity index (χ3v) is 8.28. The quantitative estimate of drug-likeness (QED) is 0.322. The fraction of sp³-hybridized carbons (Fsp3) is 0.242. The highest BCUT2D eigenvalue weighted by molar-refractivity contribution is 5.84. The van der Waals surface area contributed by atoms with Gasteiger partial charge in [0.2, 0.25) is 0 Å². The molecule has 1 unspecified atom stereocenters. The summed E-state index contributed by atoms with van der Waals surface area (Å²) in [5, 5.41) is 12.1. The van der Waals surface area contributed by atoms with Crippen LogP contribution in [0.4, 0.5) is 0 Å². The molecule has 7 heteroatoms. The van der Waals surface area contributed by atoms with Crippen molar-refractivity contribution in [2.75, 3.05) is 6.54 Å². The van der Waals surface area contributed by atoms with Crippen LogP contribution in [0.15, 0.2) is 94.1 Å². The van der Waals surface area contributed by atoms with Gasteiger partial charge in [0, 0.05) is 17.5 Å². The fourth-order valence-electron chi connectivity index (χ4n) is 5.88. The topological polar surface area (TPSA) is 99.4 Å². The van der Waals surface area contributed by atoms with Gasteiger partial charge in [0.05, 0.1) is 23.2 Å². The van der Waals surface area contributed by atoms with Crippen LogP contribution >= 0.6 is 0 Å². The summed E-state index contributed by atoms with van der Waals surface area (Å²) in [6.45, 7) is 0.559. The number of hydrogen-bond donors (Lipinski definition) is 2. The molecule has 3 heterocycles. The number of hydrogen-bond acceptors (Lipinski definition) is 5. The fourth-order valence-corrected chi connectivity index (χ4v) is 5.88. The molecule has 3 aromatic carbocycles. The van der Waals surface area contributed by atoms with Crippen LogP contribution in [0.1, 0.15) is 53.6 Å². The lowest BCUT2D eigenvalue weighted by atomic mass is 9.94. The van der Waals surface area contributed by atoms with E-state index in [0.717, 1.165) is 40.6 Å². The molecule has 7 rings (SSSR count). The zero-order valence-corrected chi connectivity index (χ0v) is 22.0. The number of aromatic amines is 1. The first-order valence-corrected chi connectivity index (χ1v) is 13.8. The van der Waals surface area contributed by atoms with Gasteiger partial charge in [0.25, 0.3) is 11.5 Å². The summed E-state index contributed by atoms with van der Waals surface area (Å²) >= 11 is 0. The Morgan fingerprint density at radius 3 is 2.60 bits per heavy atom. The molecule has 1 aliphatic heterocycles. The molecule has 0 spiro atoms. The molecule has 0 saturated heterocycles. The van der Waals surface area contributed by atoms with Crippen LogP contribution in [0.2, 0.25) is 0 Å². The number of nitrogens with one attached hydrogen (secondary N) is 1. The molecule has 2 N–H and O–H groups in total. The Morgan fingerprint density at radius 2 is 1.80 bits per heavy atom. The minimum Gasteiger partial charge on any atom is -0.456 e. The second-order valence-corrected chi connectivity index (χ2v) is 10.8. The molecule has 0 bridgehead atoms. The number of H-pyrrole nitrogens is 1. The molecule has 7 nitrogen and oxygen atoms in total. The van der Waals surface area contributed by atoms with Crippen LogP contribution in [0.3, 0.4) is 0 Å². The lowest BCUT2D eigenvalue weighted by Gasteiger charge is -2.24. The van der Waals surface area contributed by atoms with Gasteiger partial charge in [-0.3, -0.25) is 9.59 Å². The summed E-state index contributed by atoms with van der Waals surface area (Å²) < 4.78 is 5.98. The molecule has 1 atom stereocenters. The van der Waals surface area contributed by atoms with Crippen molar-refractivity contribution in [2.24, 2.45) is 0 Å². The molecule has 200 valence electrons. The van der Waals surface area contributed by atoms with Crippen molar-refractivity contribution in [3.63, 3.8) is 0 Å². The maximum Gasteiger partial charge on any atom is 0.256 e. The second kappa shape index (κ2) is 9.61. The first kappa shape index (κ1) is 24.5. The average Bonchev–Trinajstić information content (AvgIpc) is 3.74. The first-order chi connectivity index (χ1) is 19.5. The highest BCUT2D eigenvalue weighted by Crippen LogP contribution is 2.52. The molecule has 5 aromatic rings. The van der Waals surface area contributed by atoms with E-state index in [1.54, 1.807) is 17.0 Å². The maximum atomic E-state index is 13.5. The Morgan fingerprint density at radius 1 is 1.00 bits per heavy atom. The average molecular weight is 532 g/mol. The number of fused-ring (bicyclic) bond motifs is 2. The van der Waals surface area contributed by atoms with Gasteiger partial charge >= 0.3 is 0 Å². The van der Waals surface area contributed by atoms with Crippen molar-refractivity contribution in [3.8, 4) is 11.3 Å². The van der Waals surface area contributed by atoms with E-state index in [-0.39, 0.29) is 17.5 Å². The molecule has 2 aromatic heterocycles. The number of rotatable bonds is 5. The Hall–Kier alpha value is -4.49. The molecular weight excluding hydrogens is 502 g/mol. The van der Waals surface area contributed by atoms with Gasteiger partial charge in [-0.25, -0.2) is 4.98 Å². The lowest BCUT2D eigenvalue weighted by Crippen LogP contribution is -2.36. The van der Waals surface area contributed by atoms with Crippen LogP contribution in [0.25, 0.3) is 22.3 Å². The summed E-state index contributed by atoms with van der Waals surface area (Å²) in [4.78, 5) is 36.4. The molecule has 2 aliphatic rings. The molecule has 1 saturated carbocycles. The van der Waals surface area contributed by atoms with E-state index in [0.29, 0.717) is 42.1 Å². The van der Waals surface area contributed by atoms with E-state index in [2.05, 4.69) is 17.1 Å². The van der Waals surface area contributed by atoms with E-state index < -0.39 is 12.0 Å². The Balaban J connectivity index is 1.14. The summed E-state index contributed by atoms with van der Waals surface area (Å²) in [6, 6.07) is 27.1. The minimum absolute atomic E-state index is 0.120. The second-order valence-electron chi connectivity index (χ2n) is 10.8. The molecule has 0 radical (unpaired) electrons. The van der Waals surface area contributed by atoms with E-state index in [9.17, 15) is 14.7 Å². The Bertz CT molecular complexity index is 1750. The van der Waals surface area contributed by atoms with Crippen molar-refractivity contribution in [3.05, 3.63) is 123 Å². The van der Waals surface area contributed by atoms with Crippen molar-refractivity contribution in [1.29, 1.82) is 0 Å². The number of nitrogens with zero attached hydrogens (tertiary/aromatic N) is 2. The number of para-hydroxylation sites is 1. The minimum atomic E-state index is -1.36. The third kappa shape index (κ3) is 4.23. The van der Waals surface area contributed by atoms with Gasteiger partial charge in [-0.05, 0) is 55.0 Å². The van der Waals surface area contributed by atoms with E-state index in [4.69, 9.17) is 9.40 Å². The molecule has 40 heavy (non-hydrogen) atoms. The predicted molar refractivity (Wildman–Crippen MR) is 152 cm³/mol. The summed E-state index contributed by atoms with van der Waals surface area (Å²) in [5.74, 6) is 0.953. The first-order valence-electron chi connectivity index (χ1n) is 13.8. The summed E-state index contributed by atoms with van der Waals surface area (Å²) in [6.07, 6.45) is 1.81. The number of aryl methyl sites for hydroxylation is 1. The highest BCUT2D eigenvalue weighted by Gasteiger charge is 2.48. The molecule has 1 fully saturated rings. The Labute approximate surface area is 231 Å². The number of benzene rings is 3. The van der Waals surface area contributed by atoms with Gasteiger partial charge in [-0.2, -0.15) is 0 Å². The molecular formula is C33H29N3O4. The van der Waals surface area contributed by atoms with Crippen LogP contribution in [0, 0.1) is 0 Å². The number of aliphatic hydroxyl groups is 1. The number of carbonyl (C=O) groups is 1. The third-order valence-electron chi connectivity index (χ3n) is 8.28. The van der Waals surface area contributed by atoms with Crippen molar-refractivity contribution < 1.29 is 14.3 Å². The Kier molecular flexibility index (Phi) is 5.90. The van der Waals surface area contributed by atoms with Crippen molar-refractivity contribution in [2.45, 2.75) is 43.7 Å². The van der Waals surface area contributed by atoms with E-state index in [1.807, 2.05) is 60.7 Å². The van der Waals surface area contributed by atoms with Crippen molar-refractivity contribution >= 4 is 16.9 Å². The predicted octanol–water partition coefficient (Wildman–Crippen LogP) is 5.27. The molecule has 1 amide bonds. The van der Waals surface area contributed by atoms with E-state index in [1.165, 1.54) is 0 Å². The number of aliphatic hydroxyl groups excluding tert-OH is 1. The maximum absolute atomic E-state index is 13.5. The van der Waals surface area contributed by atoms with E-state index >= 15 is 0 Å². The van der Waals surface area contributed by atoms with Crippen LogP contribution in [0.5, 0.6) is 0 Å². The zero-order valence-electron chi connectivity index (χ0n) is 22.0. The zero-order chi connectivity index (χ0) is 27.3. The number of furan rings is 1. The van der Waals surface area contributed by atoms with Gasteiger partial charge < -0.3 is 19.4 Å². The van der Waals surface area contributed by atoms with Crippen molar-refractivity contribution in [1.82, 2.24) is 14.9 Å². The van der Waals surface area contributed by atoms with Gasteiger partial charge in [-0.15, -0.1) is 0 Å². The lowest BCUT2D eigenvalue weighted by molar-refractivity contribution is -0.141. The van der Waals surface area contributed by atoms with Gasteiger partial charge in [0.1, 0.15) is 17.2 Å². The standard InChI is InChI=1S/C33H29N3O4/c37-29(23-10-6-9-21(18-23)28-19-22-8-4-5-14-27(22)40-28)31(39)36-17-7-13-26-25(20-36)30(38)35-32(34-26)33(15-16-33)24-11-2-1-3-12-24/h1-6,8-12,14,18-19,29,37H,7,13,15-17,20H2,(H,34,35,38). The van der Waals surface area contributed by atoms with Gasteiger partial charge in [0.15, 0.2) is 6.10 Å². The SMILES string of the molecule is O=C(C(O)c1cccc(-c2cc3ccccc3o2)c1)N1CCCc2nc(C3(c4ccccc4)CC3)[nH]c(=O)c2C1. The number of carbonyl (C=O) groups excluding carboxylic acids is 1. The monoisotopic (exact) mass is 531 g/mol. The summed E-state index contributed by atoms with van der Waals surface area (Å²) in [7, 11) is 0. The van der Waals surface area contributed by atoms with Crippen LogP contribution < -0.4 is 5.56 Å². The normalized spacial score (nSPS) is 16.8. The van der Waals surface area contributed by atoms with Crippen LogP contribution in [-0.4, -0.2) is 32.4 Å². The summed E-state index contributed by atoms with van der Waals surface area (Å²) in [5.41, 5.74) is 4.01. The van der Waals surface area contributed by atoms with Gasteiger partial charge in [-0.1, -0.05) is 66.7 Å². The van der Waals surface area contributed by atoms with Crippen LogP contribution in [-0.2, 0) is 23.2 Å². The number of amides is 1. The molecule has 1 aliphatic carbocycles. The largest absolute Gasteiger partial charge is 0.456 e.